The number of carbonyl (C=O) groups is 3. The van der Waals surface area contributed by atoms with Gasteiger partial charge in [-0.2, -0.15) is 9.71 Å². The Morgan fingerprint density at radius 3 is 1.51 bits per heavy atom. The average molecular weight is 2460 g/mol. The van der Waals surface area contributed by atoms with Crippen molar-refractivity contribution < 1.29 is 78.2 Å². The predicted octanol–water partition coefficient (Wildman–Crippen LogP) is 24.5. The summed E-state index contributed by atoms with van der Waals surface area (Å²) in [5, 5.41) is 23.9. The van der Waals surface area contributed by atoms with E-state index in [9.17, 15) is 54.4 Å². The summed E-state index contributed by atoms with van der Waals surface area (Å²) in [4.78, 5) is 98.1. The van der Waals surface area contributed by atoms with E-state index in [1.165, 1.54) is 53.6 Å². The molecule has 0 unspecified atom stereocenters. The summed E-state index contributed by atoms with van der Waals surface area (Å²) in [6.07, 6.45) is 9.85. The molecule has 35 nitrogen and oxygen atoms in total. The zero-order valence-corrected chi connectivity index (χ0v) is 93.6. The first kappa shape index (κ1) is 114. The van der Waals surface area contributed by atoms with Crippen molar-refractivity contribution in [3.05, 3.63) is 351 Å². The van der Waals surface area contributed by atoms with Gasteiger partial charge in [0.15, 0.2) is 22.8 Å². The molecule has 0 atom stereocenters. The highest BCUT2D eigenvalue weighted by Crippen LogP contribution is 2.33. The van der Waals surface area contributed by atoms with E-state index >= 15 is 0 Å². The van der Waals surface area contributed by atoms with E-state index in [2.05, 4.69) is 150 Å². The van der Waals surface area contributed by atoms with Crippen molar-refractivity contribution >= 4 is 239 Å². The van der Waals surface area contributed by atoms with Gasteiger partial charge in [0.05, 0.1) is 39.2 Å². The van der Waals surface area contributed by atoms with Crippen LogP contribution in [0.25, 0.3) is 88.6 Å². The third kappa shape index (κ3) is 32.8. The summed E-state index contributed by atoms with van der Waals surface area (Å²) >= 11 is 19.7. The van der Waals surface area contributed by atoms with Gasteiger partial charge in [-0.25, -0.2) is 81.6 Å². The summed E-state index contributed by atoms with van der Waals surface area (Å²) in [5.41, 5.74) is 5.90. The molecular weight excluding hydrogens is 2360 g/mol. The molecule has 765 valence electrons. The fourth-order valence-corrected chi connectivity index (χ4v) is 19.7. The Bertz CT molecular complexity index is 8370. The Morgan fingerprint density at radius 1 is 0.449 bits per heavy atom. The Labute approximate surface area is 899 Å². The van der Waals surface area contributed by atoms with Crippen LogP contribution in [0.4, 0.5) is 14.4 Å². The maximum Gasteiger partial charge on any atom is 0.569 e. The average Bonchev–Trinajstić information content (AvgIpc) is 1.62. The topological polar surface area (TPSA) is 465 Å². The number of pyridine rings is 8. The van der Waals surface area contributed by atoms with Gasteiger partial charge in [-0.15, -0.1) is 0 Å². The molecule has 0 amide bonds. The monoisotopic (exact) mass is 2450 g/mol. The lowest BCUT2D eigenvalue weighted by atomic mass is 10.2. The van der Waals surface area contributed by atoms with Crippen molar-refractivity contribution in [2.24, 2.45) is 0 Å². The predicted molar refractivity (Wildman–Crippen MR) is 588 cm³/mol. The van der Waals surface area contributed by atoms with E-state index < -0.39 is 64.2 Å². The van der Waals surface area contributed by atoms with Gasteiger partial charge in [0.2, 0.25) is 17.0 Å². The van der Waals surface area contributed by atoms with Gasteiger partial charge in [-0.3, -0.25) is 9.59 Å². The number of nitrogens with one attached hydrogen (secondary N) is 5. The van der Waals surface area contributed by atoms with Crippen molar-refractivity contribution in [3.8, 4) is 28.8 Å². The molecule has 0 spiro atoms. The molecule has 2 aliphatic rings. The molecule has 4 aromatic carbocycles. The lowest BCUT2D eigenvalue weighted by Crippen LogP contribution is -2.27. The van der Waals surface area contributed by atoms with Crippen molar-refractivity contribution in [3.63, 3.8) is 0 Å². The molecule has 2 aliphatic heterocycles. The van der Waals surface area contributed by atoms with Crippen LogP contribution in [0, 0.1) is 20.8 Å². The summed E-state index contributed by atoms with van der Waals surface area (Å²) in [6, 6.07) is 70.0. The molecule has 16 heterocycles. The van der Waals surface area contributed by atoms with E-state index in [0.29, 0.717) is 61.0 Å². The molecule has 0 aliphatic carbocycles. The minimum atomic E-state index is -3.66. The highest BCUT2D eigenvalue weighted by Gasteiger charge is 2.28. The normalized spacial score (nSPS) is 11.3. The highest BCUT2D eigenvalue weighted by atomic mass is 79.9. The quantitative estimate of drug-likeness (QED) is 0.0220. The first-order valence-corrected chi connectivity index (χ1v) is 54.0. The van der Waals surface area contributed by atoms with Gasteiger partial charge < -0.3 is 63.5 Å². The number of hydrogen-bond donors (Lipinski definition) is 7. The van der Waals surface area contributed by atoms with Crippen molar-refractivity contribution in [1.82, 2.24) is 76.6 Å². The van der Waals surface area contributed by atoms with E-state index in [1.54, 1.807) is 239 Å². The number of aromatic nitrogens is 16. The fourth-order valence-electron chi connectivity index (χ4n) is 12.9. The first-order chi connectivity index (χ1) is 69.3. The number of rotatable bonds is 10. The number of hydrogen-bond acceptors (Lipinski definition) is 25. The Morgan fingerprint density at radius 2 is 0.939 bits per heavy atom. The van der Waals surface area contributed by atoms with Gasteiger partial charge in [-0.05, 0) is 381 Å². The zero-order chi connectivity index (χ0) is 107. The first-order valence-electron chi connectivity index (χ1n) is 44.0. The number of aryl methyl sites for hydroxylation is 3. The van der Waals surface area contributed by atoms with Crippen LogP contribution in [-0.2, 0) is 43.3 Å². The van der Waals surface area contributed by atoms with Crippen LogP contribution in [0.2, 0.25) is 0 Å². The second-order valence-electron chi connectivity index (χ2n) is 34.7. The van der Waals surface area contributed by atoms with Gasteiger partial charge in [-0.1, -0.05) is 53.1 Å². The molecule has 7 N–H and O–H groups in total. The highest BCUT2D eigenvalue weighted by molar-refractivity contribution is 9.11. The number of aromatic amines is 5. The number of halogens is 7. The fraction of sp³-hybridized carbons (Fsp3) is 0.178. The van der Waals surface area contributed by atoms with Gasteiger partial charge in [0, 0.05) is 116 Å². The zero-order valence-electron chi connectivity index (χ0n) is 80.9. The molecular formula is C101H97BBr6ClN16O19S3. The largest absolute Gasteiger partial charge is 0.569 e. The number of H-pyrrole nitrogens is 5. The molecule has 0 saturated heterocycles. The van der Waals surface area contributed by atoms with Crippen LogP contribution >= 0.6 is 106 Å². The standard InChI is InChI=1S/C17H21BrN2O5.C14H11BrN2O2S.C14H12N2O2S.C12H13BrN2O3.C9H12BO3.2C7H5BrN2O.C7H5BrN2.C7H7ClO2S.C7H6N2/c1-16(2,3)24-14(21)20-11(18)9-10-7-8-12(19-13(10)20)23-15(22)25-17(4,5)6;1-10-4-6-12(7-5-10)20(18,19)17-13(15)9-11-3-2-8-16-14(11)17;1-11-4-6-13(7-5-11)19(17,18)16-10-8-12-3-2-9-15-14(12)16;1-12(2,3)18-11(17)15-8(13)6-7-4-5-9(16)14-10(7)15;1-7(2)12-8-3-5-9(6-4-8)13-10-11;8-5-3-4-1-2-6(11)10-7(4)9-5;8-6-4-5-2-1-3-10(11)7(5)9-6;8-6-4-5-2-1-3-9-7(5)10-6;1-6-2-4-7(5-3-6)11(8,9)10;1-2-6-3-5-9-7(6)8-4-1/h7-9H,1-6H3;2-9H,1H3;2-10H,1H3;4-6H,1-3H3,(H,14,16);3-7,11H,1-2H3;1-3H,(H2,9,10,11);1-4,11H;1-4H,(H,9,10);2-5H,1H3;1-5H,(H,8,9). The summed E-state index contributed by atoms with van der Waals surface area (Å²) in [6.45, 7) is 25.5. The third-order valence-electron chi connectivity index (χ3n) is 19.3. The van der Waals surface area contributed by atoms with Crippen LogP contribution in [0.5, 0.6) is 17.4 Å². The van der Waals surface area contributed by atoms with E-state index in [0.717, 1.165) is 95.8 Å². The van der Waals surface area contributed by atoms with Gasteiger partial charge in [0.25, 0.3) is 29.1 Å². The van der Waals surface area contributed by atoms with Crippen LogP contribution in [0.1, 0.15) is 92.9 Å². The molecule has 0 saturated carbocycles. The Hall–Kier alpha value is -13.3. The summed E-state index contributed by atoms with van der Waals surface area (Å²) in [7, 11) is -5.06. The number of ether oxygens (including phenoxy) is 5. The molecule has 0 bridgehead atoms. The second kappa shape index (κ2) is 50.4. The molecule has 1 radical (unpaired) electrons. The maximum absolute atomic E-state index is 12.7. The van der Waals surface area contributed by atoms with E-state index in [1.807, 2.05) is 108 Å². The third-order valence-corrected chi connectivity index (χ3v) is 27.3. The molecule has 14 aromatic heterocycles. The minimum Gasteiger partial charge on any atom is -0.537 e. The molecule has 20 rings (SSSR count). The molecule has 0 fully saturated rings. The molecule has 147 heavy (non-hydrogen) atoms. The number of nitrogens with zero attached hydrogens (tertiary/aromatic N) is 11. The SMILES string of the molecule is Brc1cc2cccnc2[nH]1.CC(C)(C)OC(=O)Oc1ccc2cc(Br)n(C(=O)OC(C)(C)C)c2n1.CC(C)(C)OC(=O)n1c(Br)cc2ccc(=O)[nH]c21.CC(C)Oc1ccc(O[B]O)cc1.Cc1ccc(S(=O)(=O)Cl)cc1.Cc1ccc(S(=O)(=O)n2c(Br)cc3cccnc32)cc1.Cc1ccc(S(=O)(=O)n2ccc3cccnc32)cc1.O=c1ccc2cc(Br)[nH]c2[nH]1.On1cccc2cc(Br)nc1-2.c1cnc2[nH]ccc2c1. The number of fused-ring (bicyclic) bond motifs is 8. The van der Waals surface area contributed by atoms with Crippen LogP contribution in [0.15, 0.2) is 338 Å². The summed E-state index contributed by atoms with van der Waals surface area (Å²) < 4.78 is 113. The van der Waals surface area contributed by atoms with Crippen molar-refractivity contribution in [1.29, 1.82) is 0 Å². The van der Waals surface area contributed by atoms with Crippen molar-refractivity contribution in [2.45, 2.75) is 135 Å². The molecule has 46 heteroatoms. The second-order valence-corrected chi connectivity index (χ2v) is 45.8. The van der Waals surface area contributed by atoms with Crippen LogP contribution in [0.3, 0.4) is 0 Å². The lowest BCUT2D eigenvalue weighted by molar-refractivity contribution is 0.0197. The molecule has 18 aromatic rings. The van der Waals surface area contributed by atoms with E-state index in [4.69, 9.17) is 44.0 Å². The lowest BCUT2D eigenvalue weighted by Gasteiger charge is -2.20. The minimum absolute atomic E-state index is 0.0251. The van der Waals surface area contributed by atoms with Gasteiger partial charge >= 0.3 is 26.0 Å². The van der Waals surface area contributed by atoms with Crippen LogP contribution < -0.4 is 25.2 Å². The Balaban J connectivity index is 0.000000158. The number of carbonyl (C=O) groups excluding carboxylic acids is 3. The van der Waals surface area contributed by atoms with Crippen LogP contribution in [-0.4, -0.2) is 161 Å². The van der Waals surface area contributed by atoms with Crippen molar-refractivity contribution in [2.75, 3.05) is 0 Å². The maximum atomic E-state index is 12.7. The Kier molecular flexibility index (Phi) is 39.1. The summed E-state index contributed by atoms with van der Waals surface area (Å²) in [5.74, 6) is 1.97. The van der Waals surface area contributed by atoms with Gasteiger partial charge in [0.1, 0.15) is 60.1 Å². The number of benzene rings is 4. The smallest absolute Gasteiger partial charge is 0.537 e. The van der Waals surface area contributed by atoms with E-state index in [-0.39, 0.29) is 37.8 Å².